The largest absolute Gasteiger partial charge is 0.488 e. The van der Waals surface area contributed by atoms with Crippen LogP contribution < -0.4 is 4.74 Å². The maximum Gasteiger partial charge on any atom is 0.339 e. The van der Waals surface area contributed by atoms with Crippen LogP contribution in [0.2, 0.25) is 0 Å². The number of hydrogen-bond acceptors (Lipinski definition) is 3. The molecule has 86 valence electrons. The van der Waals surface area contributed by atoms with Gasteiger partial charge in [-0.05, 0) is 24.8 Å². The summed E-state index contributed by atoms with van der Waals surface area (Å²) in [5, 5.41) is 9.10. The van der Waals surface area contributed by atoms with Crippen LogP contribution in [0.25, 0.3) is 0 Å². The summed E-state index contributed by atoms with van der Waals surface area (Å²) in [7, 11) is 0. The average Bonchev–Trinajstić information content (AvgIpc) is 3.01. The standard InChI is InChI=1S/C12H15NO3/c1-7(2)10-11(16-8-3-4-8)9(12(14)15)5-6-13-10/h5-8H,3-4H2,1-2H3,(H,14,15). The van der Waals surface area contributed by atoms with Gasteiger partial charge in [0.15, 0.2) is 5.75 Å². The molecule has 0 aliphatic heterocycles. The molecule has 1 aromatic rings. The number of aromatic nitrogens is 1. The van der Waals surface area contributed by atoms with Crippen molar-refractivity contribution >= 4 is 5.97 Å². The van der Waals surface area contributed by atoms with Crippen molar-refractivity contribution in [2.75, 3.05) is 0 Å². The van der Waals surface area contributed by atoms with Crippen LogP contribution in [-0.2, 0) is 0 Å². The van der Waals surface area contributed by atoms with E-state index in [4.69, 9.17) is 9.84 Å². The van der Waals surface area contributed by atoms with Gasteiger partial charge in [-0.25, -0.2) is 4.79 Å². The molecule has 1 heterocycles. The van der Waals surface area contributed by atoms with Crippen molar-refractivity contribution in [2.45, 2.75) is 38.7 Å². The Balaban J connectivity index is 2.42. The molecule has 0 radical (unpaired) electrons. The highest BCUT2D eigenvalue weighted by atomic mass is 16.5. The molecule has 1 aromatic heterocycles. The highest BCUT2D eigenvalue weighted by Crippen LogP contribution is 2.34. The second kappa shape index (κ2) is 4.12. The van der Waals surface area contributed by atoms with E-state index < -0.39 is 5.97 Å². The van der Waals surface area contributed by atoms with Gasteiger partial charge in [0.25, 0.3) is 0 Å². The highest BCUT2D eigenvalue weighted by Gasteiger charge is 2.28. The Morgan fingerprint density at radius 3 is 2.75 bits per heavy atom. The van der Waals surface area contributed by atoms with E-state index >= 15 is 0 Å². The second-order valence-corrected chi connectivity index (χ2v) is 4.35. The van der Waals surface area contributed by atoms with Crippen molar-refractivity contribution in [1.82, 2.24) is 4.98 Å². The third-order valence-corrected chi connectivity index (χ3v) is 2.52. The minimum absolute atomic E-state index is 0.160. The molecule has 0 aromatic carbocycles. The molecular formula is C12H15NO3. The topological polar surface area (TPSA) is 59.4 Å². The average molecular weight is 221 g/mol. The molecule has 0 unspecified atom stereocenters. The van der Waals surface area contributed by atoms with E-state index in [2.05, 4.69) is 4.98 Å². The fourth-order valence-electron chi connectivity index (χ4n) is 1.52. The third kappa shape index (κ3) is 2.15. The van der Waals surface area contributed by atoms with E-state index in [1.54, 1.807) is 0 Å². The number of carbonyl (C=O) groups is 1. The van der Waals surface area contributed by atoms with Gasteiger partial charge in [-0.15, -0.1) is 0 Å². The Labute approximate surface area is 94.3 Å². The lowest BCUT2D eigenvalue weighted by Gasteiger charge is -2.14. The summed E-state index contributed by atoms with van der Waals surface area (Å²) in [5.74, 6) is -0.347. The molecule has 0 bridgehead atoms. The van der Waals surface area contributed by atoms with Gasteiger partial charge < -0.3 is 9.84 Å². The molecule has 4 nitrogen and oxygen atoms in total. The predicted molar refractivity (Wildman–Crippen MR) is 58.9 cm³/mol. The second-order valence-electron chi connectivity index (χ2n) is 4.35. The van der Waals surface area contributed by atoms with Crippen molar-refractivity contribution < 1.29 is 14.6 Å². The normalized spacial score (nSPS) is 15.2. The summed E-state index contributed by atoms with van der Waals surface area (Å²) in [5.41, 5.74) is 0.942. The molecule has 0 amide bonds. The number of carboxylic acids is 1. The van der Waals surface area contributed by atoms with Gasteiger partial charge >= 0.3 is 5.97 Å². The first kappa shape index (κ1) is 10.9. The first-order valence-corrected chi connectivity index (χ1v) is 5.48. The molecule has 1 N–H and O–H groups in total. The van der Waals surface area contributed by atoms with Crippen molar-refractivity contribution in [1.29, 1.82) is 0 Å². The van der Waals surface area contributed by atoms with Crippen LogP contribution in [0.1, 0.15) is 48.7 Å². The molecule has 1 saturated carbocycles. The number of pyridine rings is 1. The molecule has 4 heteroatoms. The lowest BCUT2D eigenvalue weighted by molar-refractivity contribution is 0.0691. The molecule has 0 saturated heterocycles. The molecule has 0 spiro atoms. The Morgan fingerprint density at radius 2 is 2.25 bits per heavy atom. The molecular weight excluding hydrogens is 206 g/mol. The van der Waals surface area contributed by atoms with Gasteiger partial charge in [0.2, 0.25) is 0 Å². The quantitative estimate of drug-likeness (QED) is 0.848. The Bertz CT molecular complexity index is 411. The number of hydrogen-bond donors (Lipinski definition) is 1. The Kier molecular flexibility index (Phi) is 2.81. The Hall–Kier alpha value is -1.58. The van der Waals surface area contributed by atoms with Gasteiger partial charge in [-0.3, -0.25) is 4.98 Å². The van der Waals surface area contributed by atoms with Gasteiger partial charge in [0.05, 0.1) is 11.8 Å². The third-order valence-electron chi connectivity index (χ3n) is 2.52. The minimum atomic E-state index is -0.958. The van der Waals surface area contributed by atoms with Crippen molar-refractivity contribution in [3.63, 3.8) is 0 Å². The number of nitrogens with zero attached hydrogens (tertiary/aromatic N) is 1. The maximum atomic E-state index is 11.1. The summed E-state index contributed by atoms with van der Waals surface area (Å²) in [4.78, 5) is 15.3. The van der Waals surface area contributed by atoms with Crippen LogP contribution in [0.15, 0.2) is 12.3 Å². The zero-order valence-corrected chi connectivity index (χ0v) is 9.43. The summed E-state index contributed by atoms with van der Waals surface area (Å²) in [6.45, 7) is 3.96. The Morgan fingerprint density at radius 1 is 1.56 bits per heavy atom. The van der Waals surface area contributed by atoms with Crippen LogP contribution in [0.3, 0.4) is 0 Å². The number of aromatic carboxylic acids is 1. The number of carboxylic acid groups (broad SMARTS) is 1. The lowest BCUT2D eigenvalue weighted by Crippen LogP contribution is -2.09. The van der Waals surface area contributed by atoms with Gasteiger partial charge in [0, 0.05) is 6.20 Å². The van der Waals surface area contributed by atoms with Crippen LogP contribution in [0.5, 0.6) is 5.75 Å². The van der Waals surface area contributed by atoms with Crippen molar-refractivity contribution in [3.05, 3.63) is 23.5 Å². The fraction of sp³-hybridized carbons (Fsp3) is 0.500. The zero-order valence-electron chi connectivity index (χ0n) is 9.43. The summed E-state index contributed by atoms with van der Waals surface area (Å²) < 4.78 is 5.67. The van der Waals surface area contributed by atoms with E-state index in [1.807, 2.05) is 13.8 Å². The van der Waals surface area contributed by atoms with Gasteiger partial charge in [-0.1, -0.05) is 13.8 Å². The van der Waals surface area contributed by atoms with Gasteiger partial charge in [-0.2, -0.15) is 0 Å². The molecule has 0 atom stereocenters. The van der Waals surface area contributed by atoms with Crippen LogP contribution >= 0.6 is 0 Å². The maximum absolute atomic E-state index is 11.1. The predicted octanol–water partition coefficient (Wildman–Crippen LogP) is 2.44. The monoisotopic (exact) mass is 221 g/mol. The van der Waals surface area contributed by atoms with Crippen molar-refractivity contribution in [3.8, 4) is 5.75 Å². The molecule has 2 rings (SSSR count). The van der Waals surface area contributed by atoms with Gasteiger partial charge in [0.1, 0.15) is 5.56 Å². The minimum Gasteiger partial charge on any atom is -0.488 e. The van der Waals surface area contributed by atoms with E-state index in [-0.39, 0.29) is 17.6 Å². The van der Waals surface area contributed by atoms with Crippen LogP contribution in [-0.4, -0.2) is 22.2 Å². The highest BCUT2D eigenvalue weighted by molar-refractivity contribution is 5.91. The summed E-state index contributed by atoms with van der Waals surface area (Å²) in [6, 6.07) is 1.49. The van der Waals surface area contributed by atoms with Crippen molar-refractivity contribution in [2.24, 2.45) is 0 Å². The fourth-order valence-corrected chi connectivity index (χ4v) is 1.52. The van der Waals surface area contributed by atoms with Crippen LogP contribution in [0, 0.1) is 0 Å². The zero-order chi connectivity index (χ0) is 11.7. The van der Waals surface area contributed by atoms with E-state index in [9.17, 15) is 4.79 Å². The number of rotatable bonds is 4. The number of ether oxygens (including phenoxy) is 1. The van der Waals surface area contributed by atoms with E-state index in [0.29, 0.717) is 5.75 Å². The first-order valence-electron chi connectivity index (χ1n) is 5.48. The lowest BCUT2D eigenvalue weighted by atomic mass is 10.1. The summed E-state index contributed by atoms with van der Waals surface area (Å²) in [6.07, 6.45) is 3.72. The SMILES string of the molecule is CC(C)c1nccc(C(=O)O)c1OC1CC1. The molecule has 1 fully saturated rings. The smallest absolute Gasteiger partial charge is 0.339 e. The summed E-state index contributed by atoms with van der Waals surface area (Å²) >= 11 is 0. The molecule has 16 heavy (non-hydrogen) atoms. The van der Waals surface area contributed by atoms with E-state index in [1.165, 1.54) is 12.3 Å². The first-order chi connectivity index (χ1) is 7.59. The molecule has 1 aliphatic rings. The molecule has 1 aliphatic carbocycles. The van der Waals surface area contributed by atoms with E-state index in [0.717, 1.165) is 18.5 Å². The van der Waals surface area contributed by atoms with Crippen LogP contribution in [0.4, 0.5) is 0 Å².